The van der Waals surface area contributed by atoms with Crippen molar-refractivity contribution in [2.45, 2.75) is 83.4 Å². The fourth-order valence-electron chi connectivity index (χ4n) is 6.55. The second kappa shape index (κ2) is 7.83. The Morgan fingerprint density at radius 2 is 1.83 bits per heavy atom. The molecule has 1 aromatic rings. The van der Waals surface area contributed by atoms with Crippen molar-refractivity contribution in [2.24, 2.45) is 5.41 Å². The maximum absolute atomic E-state index is 13.3. The van der Waals surface area contributed by atoms with Crippen molar-refractivity contribution in [3.8, 4) is 0 Å². The van der Waals surface area contributed by atoms with Gasteiger partial charge in [-0.3, -0.25) is 9.69 Å². The summed E-state index contributed by atoms with van der Waals surface area (Å²) in [4.78, 5) is 20.6. The summed E-state index contributed by atoms with van der Waals surface area (Å²) in [5, 5.41) is 9.87. The minimum Gasteiger partial charge on any atom is -0.393 e. The molecule has 3 aliphatic heterocycles. The molecule has 4 fully saturated rings. The highest BCUT2D eigenvalue weighted by Crippen LogP contribution is 2.46. The Morgan fingerprint density at radius 3 is 2.53 bits per heavy atom. The number of hydrogen-bond acceptors (Lipinski definition) is 4. The van der Waals surface area contributed by atoms with Gasteiger partial charge in [0, 0.05) is 43.1 Å². The Balaban J connectivity index is 1.28. The van der Waals surface area contributed by atoms with Crippen LogP contribution in [-0.4, -0.2) is 60.3 Å². The number of carbonyl (C=O) groups excluding carboxylic acids is 1. The highest BCUT2D eigenvalue weighted by molar-refractivity contribution is 6.00. The molecule has 3 heterocycles. The lowest BCUT2D eigenvalue weighted by Gasteiger charge is -2.34. The largest absolute Gasteiger partial charge is 0.393 e. The molecule has 1 amide bonds. The van der Waals surface area contributed by atoms with Crippen LogP contribution in [0, 0.1) is 12.3 Å². The van der Waals surface area contributed by atoms with E-state index < -0.39 is 0 Å². The van der Waals surface area contributed by atoms with Crippen LogP contribution in [0.2, 0.25) is 0 Å². The SMILES string of the molecule is Cc1cc(N2CC[C@H](N3CCC[C@@H]3C)C2)ccc1N1CCC2(CCC(O)CC2)C1=O. The van der Waals surface area contributed by atoms with Crippen molar-refractivity contribution in [1.82, 2.24) is 4.90 Å². The van der Waals surface area contributed by atoms with Crippen molar-refractivity contribution in [3.05, 3.63) is 23.8 Å². The molecule has 0 radical (unpaired) electrons. The number of likely N-dealkylation sites (tertiary alicyclic amines) is 1. The fraction of sp³-hybridized carbons (Fsp3) is 0.720. The number of carbonyl (C=O) groups is 1. The highest BCUT2D eigenvalue weighted by Gasteiger charge is 2.48. The molecule has 1 saturated carbocycles. The van der Waals surface area contributed by atoms with E-state index in [1.807, 2.05) is 4.90 Å². The number of aliphatic hydroxyl groups is 1. The van der Waals surface area contributed by atoms with E-state index in [0.29, 0.717) is 6.04 Å². The normalized spacial score (nSPS) is 35.2. The molecule has 1 N–H and O–H groups in total. The maximum Gasteiger partial charge on any atom is 0.233 e. The van der Waals surface area contributed by atoms with E-state index in [0.717, 1.165) is 63.5 Å². The minimum absolute atomic E-state index is 0.216. The standard InChI is InChI=1S/C25H37N3O2/c1-18-16-20(26-14-9-21(17-26)27-13-3-4-19(27)2)5-6-23(18)28-15-12-25(24(28)30)10-7-22(29)8-11-25/h5-6,16,19,21-22,29H,3-4,7-15,17H2,1-2H3/t19-,21-,22?,25?/m0/s1. The number of rotatable bonds is 3. The molecule has 30 heavy (non-hydrogen) atoms. The number of benzene rings is 1. The van der Waals surface area contributed by atoms with Crippen LogP contribution in [0.25, 0.3) is 0 Å². The Morgan fingerprint density at radius 1 is 1.03 bits per heavy atom. The van der Waals surface area contributed by atoms with E-state index in [-0.39, 0.29) is 17.4 Å². The zero-order valence-corrected chi connectivity index (χ0v) is 18.6. The summed E-state index contributed by atoms with van der Waals surface area (Å²) in [5.41, 5.74) is 3.36. The van der Waals surface area contributed by atoms with Gasteiger partial charge in [0.25, 0.3) is 0 Å². The van der Waals surface area contributed by atoms with E-state index in [1.165, 1.54) is 37.1 Å². The summed E-state index contributed by atoms with van der Waals surface area (Å²) in [6.45, 7) is 8.85. The number of aliphatic hydroxyl groups excluding tert-OH is 1. The van der Waals surface area contributed by atoms with Gasteiger partial charge in [0.1, 0.15) is 0 Å². The Hall–Kier alpha value is -1.59. The van der Waals surface area contributed by atoms with Gasteiger partial charge in [-0.25, -0.2) is 0 Å². The van der Waals surface area contributed by atoms with Gasteiger partial charge in [-0.05, 0) is 95.5 Å². The second-order valence-electron chi connectivity index (χ2n) is 10.3. The third-order valence-electron chi connectivity index (χ3n) is 8.50. The van der Waals surface area contributed by atoms with Gasteiger partial charge in [-0.15, -0.1) is 0 Å². The predicted octanol–water partition coefficient (Wildman–Crippen LogP) is 3.72. The molecular formula is C25H37N3O2. The summed E-state index contributed by atoms with van der Waals surface area (Å²) < 4.78 is 0. The lowest BCUT2D eigenvalue weighted by molar-refractivity contribution is -0.128. The molecule has 0 unspecified atom stereocenters. The average molecular weight is 412 g/mol. The van der Waals surface area contributed by atoms with E-state index >= 15 is 0 Å². The van der Waals surface area contributed by atoms with Crippen molar-refractivity contribution in [3.63, 3.8) is 0 Å². The summed E-state index contributed by atoms with van der Waals surface area (Å²) in [6, 6.07) is 8.10. The molecular weight excluding hydrogens is 374 g/mol. The van der Waals surface area contributed by atoms with Gasteiger partial charge in [-0.2, -0.15) is 0 Å². The Kier molecular flexibility index (Phi) is 5.30. The summed E-state index contributed by atoms with van der Waals surface area (Å²) in [7, 11) is 0. The van der Waals surface area contributed by atoms with E-state index in [9.17, 15) is 9.90 Å². The van der Waals surface area contributed by atoms with Crippen molar-refractivity contribution in [2.75, 3.05) is 36.0 Å². The van der Waals surface area contributed by atoms with Gasteiger partial charge in [0.15, 0.2) is 0 Å². The van der Waals surface area contributed by atoms with E-state index in [1.54, 1.807) is 0 Å². The number of aryl methyl sites for hydroxylation is 1. The quantitative estimate of drug-likeness (QED) is 0.824. The zero-order valence-electron chi connectivity index (χ0n) is 18.6. The van der Waals surface area contributed by atoms with E-state index in [2.05, 4.69) is 41.8 Å². The molecule has 4 aliphatic rings. The average Bonchev–Trinajstić information content (AvgIpc) is 3.45. The number of nitrogens with zero attached hydrogens (tertiary/aromatic N) is 3. The van der Waals surface area contributed by atoms with Gasteiger partial charge in [-0.1, -0.05) is 0 Å². The van der Waals surface area contributed by atoms with Gasteiger partial charge in [0.2, 0.25) is 5.91 Å². The molecule has 2 atom stereocenters. The Bertz CT molecular complexity index is 802. The lowest BCUT2D eigenvalue weighted by atomic mass is 9.72. The third-order valence-corrected chi connectivity index (χ3v) is 8.50. The second-order valence-corrected chi connectivity index (χ2v) is 10.3. The third kappa shape index (κ3) is 3.44. The number of amides is 1. The lowest BCUT2D eigenvalue weighted by Crippen LogP contribution is -2.39. The van der Waals surface area contributed by atoms with Crippen LogP contribution in [0.3, 0.4) is 0 Å². The predicted molar refractivity (Wildman–Crippen MR) is 121 cm³/mol. The minimum atomic E-state index is -0.223. The summed E-state index contributed by atoms with van der Waals surface area (Å²) >= 11 is 0. The van der Waals surface area contributed by atoms with Crippen LogP contribution in [0.1, 0.15) is 63.9 Å². The molecule has 1 aliphatic carbocycles. The molecule has 0 aromatic heterocycles. The first-order chi connectivity index (χ1) is 14.5. The van der Waals surface area contributed by atoms with Gasteiger partial charge < -0.3 is 14.9 Å². The molecule has 3 saturated heterocycles. The monoisotopic (exact) mass is 411 g/mol. The number of anilines is 2. The Labute approximate surface area is 181 Å². The summed E-state index contributed by atoms with van der Waals surface area (Å²) in [5.74, 6) is 0.287. The maximum atomic E-state index is 13.3. The van der Waals surface area contributed by atoms with Gasteiger partial charge >= 0.3 is 0 Å². The van der Waals surface area contributed by atoms with Crippen LogP contribution in [0.15, 0.2) is 18.2 Å². The topological polar surface area (TPSA) is 47.0 Å². The zero-order chi connectivity index (χ0) is 20.9. The smallest absolute Gasteiger partial charge is 0.233 e. The molecule has 0 bridgehead atoms. The molecule has 5 nitrogen and oxygen atoms in total. The van der Waals surface area contributed by atoms with Crippen LogP contribution in [-0.2, 0) is 4.79 Å². The van der Waals surface area contributed by atoms with Crippen molar-refractivity contribution in [1.29, 1.82) is 0 Å². The number of hydrogen-bond donors (Lipinski definition) is 1. The molecule has 1 aromatic carbocycles. The molecule has 1 spiro atoms. The van der Waals surface area contributed by atoms with Crippen LogP contribution >= 0.6 is 0 Å². The molecule has 5 rings (SSSR count). The highest BCUT2D eigenvalue weighted by atomic mass is 16.3. The van der Waals surface area contributed by atoms with Crippen LogP contribution < -0.4 is 9.80 Å². The van der Waals surface area contributed by atoms with Crippen molar-refractivity contribution < 1.29 is 9.90 Å². The molecule has 164 valence electrons. The van der Waals surface area contributed by atoms with Crippen molar-refractivity contribution >= 4 is 17.3 Å². The first-order valence-corrected chi connectivity index (χ1v) is 12.1. The fourth-order valence-corrected chi connectivity index (χ4v) is 6.55. The molecule has 5 heteroatoms. The van der Waals surface area contributed by atoms with Crippen LogP contribution in [0.4, 0.5) is 11.4 Å². The van der Waals surface area contributed by atoms with Gasteiger partial charge in [0.05, 0.1) is 11.5 Å². The van der Waals surface area contributed by atoms with E-state index in [4.69, 9.17) is 0 Å². The first kappa shape index (κ1) is 20.3. The first-order valence-electron chi connectivity index (χ1n) is 12.1. The van der Waals surface area contributed by atoms with Crippen LogP contribution in [0.5, 0.6) is 0 Å². The summed E-state index contributed by atoms with van der Waals surface area (Å²) in [6.07, 6.45) is 7.87.